The van der Waals surface area contributed by atoms with Crippen molar-refractivity contribution < 1.29 is 9.53 Å². The van der Waals surface area contributed by atoms with E-state index >= 15 is 0 Å². The summed E-state index contributed by atoms with van der Waals surface area (Å²) in [7, 11) is 1.65. The van der Waals surface area contributed by atoms with E-state index in [1.165, 1.54) is 0 Å². The quantitative estimate of drug-likeness (QED) is 0.410. The molecule has 0 heterocycles. The topological polar surface area (TPSA) is 74.8 Å². The van der Waals surface area contributed by atoms with Gasteiger partial charge in [-0.25, -0.2) is 4.79 Å². The number of nitrogens with one attached hydrogen (secondary N) is 3. The Morgan fingerprint density at radius 2 is 1.85 bits per heavy atom. The lowest BCUT2D eigenvalue weighted by Gasteiger charge is -2.29. The monoisotopic (exact) mass is 282 g/mol. The molecule has 0 aliphatic rings. The summed E-state index contributed by atoms with van der Waals surface area (Å²) in [5, 5.41) is 8.83. The number of alkyl carbamates (subject to hydrolysis) is 1. The Hall–Kier alpha value is -1.90. The van der Waals surface area contributed by atoms with Gasteiger partial charge in [0.2, 0.25) is 0 Å². The molecule has 0 unspecified atom stereocenters. The fourth-order valence-electron chi connectivity index (χ4n) is 1.28. The van der Waals surface area contributed by atoms with Crippen molar-refractivity contribution in [2.24, 2.45) is 4.99 Å². The lowest BCUT2D eigenvalue weighted by atomic mass is 10.1. The van der Waals surface area contributed by atoms with Crippen LogP contribution in [0.25, 0.3) is 0 Å². The molecule has 0 fully saturated rings. The van der Waals surface area contributed by atoms with Crippen LogP contribution in [0.3, 0.4) is 0 Å². The van der Waals surface area contributed by atoms with E-state index in [-0.39, 0.29) is 0 Å². The van der Waals surface area contributed by atoms with Crippen LogP contribution in [0, 0.1) is 12.3 Å². The highest BCUT2D eigenvalue weighted by molar-refractivity contribution is 5.80. The first-order valence-corrected chi connectivity index (χ1v) is 6.49. The minimum absolute atomic E-state index is 0.388. The molecule has 0 saturated heterocycles. The van der Waals surface area contributed by atoms with Crippen LogP contribution in [-0.4, -0.2) is 43.3 Å². The van der Waals surface area contributed by atoms with Crippen molar-refractivity contribution in [2.75, 3.05) is 20.1 Å². The van der Waals surface area contributed by atoms with Gasteiger partial charge in [-0.2, -0.15) is 0 Å². The molecule has 0 bridgehead atoms. The van der Waals surface area contributed by atoms with Gasteiger partial charge in [-0.3, -0.25) is 4.99 Å². The van der Waals surface area contributed by atoms with Crippen LogP contribution in [0.2, 0.25) is 0 Å². The molecule has 1 amide bonds. The first-order valence-electron chi connectivity index (χ1n) is 6.49. The van der Waals surface area contributed by atoms with Crippen molar-refractivity contribution in [1.29, 1.82) is 0 Å². The summed E-state index contributed by atoms with van der Waals surface area (Å²) in [4.78, 5) is 15.7. The zero-order valence-electron chi connectivity index (χ0n) is 13.3. The van der Waals surface area contributed by atoms with Crippen LogP contribution in [0.15, 0.2) is 4.99 Å². The van der Waals surface area contributed by atoms with Gasteiger partial charge in [0.05, 0.1) is 12.1 Å². The van der Waals surface area contributed by atoms with E-state index in [9.17, 15) is 4.79 Å². The Bertz CT molecular complexity index is 389. The third-order valence-electron chi connectivity index (χ3n) is 2.12. The largest absolute Gasteiger partial charge is 0.444 e. The molecule has 0 aromatic carbocycles. The van der Waals surface area contributed by atoms with Crippen molar-refractivity contribution in [3.63, 3.8) is 0 Å². The molecule has 3 N–H and O–H groups in total. The smallest absolute Gasteiger partial charge is 0.408 e. The summed E-state index contributed by atoms with van der Waals surface area (Å²) in [5.41, 5.74) is -1.01. The Balaban J connectivity index is 4.31. The van der Waals surface area contributed by atoms with Gasteiger partial charge in [-0.1, -0.05) is 5.92 Å². The maximum atomic E-state index is 11.7. The van der Waals surface area contributed by atoms with Gasteiger partial charge < -0.3 is 20.7 Å². The third-order valence-corrected chi connectivity index (χ3v) is 2.12. The second-order valence-electron chi connectivity index (χ2n) is 5.99. The van der Waals surface area contributed by atoms with Crippen LogP contribution in [0.1, 0.15) is 34.6 Å². The zero-order chi connectivity index (χ0) is 15.8. The van der Waals surface area contributed by atoms with E-state index in [0.29, 0.717) is 19.0 Å². The molecule has 0 aromatic rings. The Morgan fingerprint density at radius 1 is 1.25 bits per heavy atom. The number of guanidine groups is 1. The van der Waals surface area contributed by atoms with E-state index in [1.807, 2.05) is 34.6 Å². The molecule has 20 heavy (non-hydrogen) atoms. The lowest BCUT2D eigenvalue weighted by molar-refractivity contribution is 0.0474. The molecule has 0 spiro atoms. The van der Waals surface area contributed by atoms with Crippen LogP contribution < -0.4 is 16.0 Å². The number of nitrogens with zero attached hydrogens (tertiary/aromatic N) is 1. The number of hydrogen-bond donors (Lipinski definition) is 3. The average molecular weight is 282 g/mol. The first kappa shape index (κ1) is 18.1. The van der Waals surface area contributed by atoms with Crippen LogP contribution >= 0.6 is 0 Å². The molecule has 0 rings (SSSR count). The normalized spacial score (nSPS) is 12.3. The number of terminal acetylenes is 1. The summed E-state index contributed by atoms with van der Waals surface area (Å²) in [5.74, 6) is 3.05. The standard InChI is InChI=1S/C14H26N4O2/c1-8-9-16-11(15-7)17-10-14(5,6)18-12(19)20-13(2,3)4/h1H,9-10H2,2-7H3,(H,18,19)(H2,15,16,17). The van der Waals surface area contributed by atoms with Gasteiger partial charge in [0.15, 0.2) is 5.96 Å². The van der Waals surface area contributed by atoms with Crippen LogP contribution in [0.4, 0.5) is 4.79 Å². The number of hydrogen-bond acceptors (Lipinski definition) is 3. The Kier molecular flexibility index (Phi) is 6.91. The van der Waals surface area contributed by atoms with Crippen molar-refractivity contribution in [3.8, 4) is 12.3 Å². The summed E-state index contributed by atoms with van der Waals surface area (Å²) >= 11 is 0. The van der Waals surface area contributed by atoms with Crippen molar-refractivity contribution in [2.45, 2.75) is 45.8 Å². The van der Waals surface area contributed by atoms with E-state index < -0.39 is 17.2 Å². The predicted octanol–water partition coefficient (Wildman–Crippen LogP) is 1.09. The number of carbonyl (C=O) groups excluding carboxylic acids is 1. The number of carbonyl (C=O) groups is 1. The SMILES string of the molecule is C#CCNC(=NC)NCC(C)(C)NC(=O)OC(C)(C)C. The third kappa shape index (κ3) is 9.09. The van der Waals surface area contributed by atoms with Crippen molar-refractivity contribution >= 4 is 12.1 Å². The molecule has 114 valence electrons. The van der Waals surface area contributed by atoms with Crippen LogP contribution in [0.5, 0.6) is 0 Å². The van der Waals surface area contributed by atoms with Crippen LogP contribution in [-0.2, 0) is 4.74 Å². The number of rotatable bonds is 4. The number of aliphatic imine (C=N–C) groups is 1. The second kappa shape index (κ2) is 7.63. The molecule has 0 atom stereocenters. The molecule has 0 radical (unpaired) electrons. The summed E-state index contributed by atoms with van der Waals surface area (Å²) in [6, 6.07) is 0. The number of ether oxygens (including phenoxy) is 1. The Morgan fingerprint density at radius 3 is 2.30 bits per heavy atom. The van der Waals surface area contributed by atoms with Gasteiger partial charge >= 0.3 is 6.09 Å². The minimum Gasteiger partial charge on any atom is -0.444 e. The second-order valence-corrected chi connectivity index (χ2v) is 5.99. The highest BCUT2D eigenvalue weighted by Crippen LogP contribution is 2.08. The molecule has 6 heteroatoms. The van der Waals surface area contributed by atoms with Crippen molar-refractivity contribution in [3.05, 3.63) is 0 Å². The molecule has 6 nitrogen and oxygen atoms in total. The molecule has 0 saturated carbocycles. The van der Waals surface area contributed by atoms with E-state index in [1.54, 1.807) is 7.05 Å². The fourth-order valence-corrected chi connectivity index (χ4v) is 1.28. The van der Waals surface area contributed by atoms with Gasteiger partial charge in [0.1, 0.15) is 5.60 Å². The maximum absolute atomic E-state index is 11.7. The van der Waals surface area contributed by atoms with Crippen molar-refractivity contribution in [1.82, 2.24) is 16.0 Å². The molecular formula is C14H26N4O2. The van der Waals surface area contributed by atoms with E-state index in [4.69, 9.17) is 11.2 Å². The summed E-state index contributed by atoms with van der Waals surface area (Å²) < 4.78 is 5.22. The summed E-state index contributed by atoms with van der Waals surface area (Å²) in [6.45, 7) is 10.1. The molecular weight excluding hydrogens is 256 g/mol. The van der Waals surface area contributed by atoms with Gasteiger partial charge in [0.25, 0.3) is 0 Å². The zero-order valence-corrected chi connectivity index (χ0v) is 13.3. The molecule has 0 aliphatic heterocycles. The van der Waals surface area contributed by atoms with E-state index in [2.05, 4.69) is 26.9 Å². The average Bonchev–Trinajstić information content (AvgIpc) is 2.25. The minimum atomic E-state index is -0.516. The Labute approximate surface area is 121 Å². The number of amides is 1. The lowest BCUT2D eigenvalue weighted by Crippen LogP contribution is -2.54. The fraction of sp³-hybridized carbons (Fsp3) is 0.714. The molecule has 0 aromatic heterocycles. The van der Waals surface area contributed by atoms with Gasteiger partial charge in [0, 0.05) is 13.6 Å². The highest BCUT2D eigenvalue weighted by atomic mass is 16.6. The summed E-state index contributed by atoms with van der Waals surface area (Å²) in [6.07, 6.45) is 4.72. The van der Waals surface area contributed by atoms with Gasteiger partial charge in [-0.05, 0) is 34.6 Å². The highest BCUT2D eigenvalue weighted by Gasteiger charge is 2.24. The first-order chi connectivity index (χ1) is 9.09. The van der Waals surface area contributed by atoms with Gasteiger partial charge in [-0.15, -0.1) is 6.42 Å². The predicted molar refractivity (Wildman–Crippen MR) is 81.6 cm³/mol. The maximum Gasteiger partial charge on any atom is 0.408 e. The molecule has 0 aliphatic carbocycles. The van der Waals surface area contributed by atoms with E-state index in [0.717, 1.165) is 0 Å².